The average Bonchev–Trinajstić information content (AvgIpc) is 2.42. The smallest absolute Gasteiger partial charge is 0.492 e. The molecule has 6 unspecified atom stereocenters. The SMILES string of the molecule is O=[P+]([O-])OC(O[P+](=O)[O-])N(C(O[P+](=O)[O-])O[P+](=O)[O-])C(O[P+](=O)[O-])O[P+](=O)[O-]. The van der Waals surface area contributed by atoms with Crippen molar-refractivity contribution < 1.29 is 83.9 Å². The Morgan fingerprint density at radius 3 is 0.679 bits per heavy atom. The van der Waals surface area contributed by atoms with E-state index in [1.165, 1.54) is 0 Å². The molecule has 0 bridgehead atoms. The van der Waals surface area contributed by atoms with Gasteiger partial charge >= 0.3 is 68.8 Å². The lowest BCUT2D eigenvalue weighted by molar-refractivity contribution is -0.341. The Labute approximate surface area is 158 Å². The fourth-order valence-electron chi connectivity index (χ4n) is 1.12. The second-order valence-electron chi connectivity index (χ2n) is 3.34. The molecule has 25 heteroatoms. The molecule has 158 valence electrons. The minimum Gasteiger partial charge on any atom is -0.566 e. The maximum atomic E-state index is 10.7. The van der Waals surface area contributed by atoms with E-state index in [0.29, 0.717) is 0 Å². The highest BCUT2D eigenvalue weighted by atomic mass is 31.1. The molecule has 0 saturated carbocycles. The van der Waals surface area contributed by atoms with Gasteiger partial charge in [0.15, 0.2) is 0 Å². The summed E-state index contributed by atoms with van der Waals surface area (Å²) in [5.41, 5.74) is 0. The van der Waals surface area contributed by atoms with Crippen molar-refractivity contribution in [3.63, 3.8) is 0 Å². The van der Waals surface area contributed by atoms with E-state index in [1.807, 2.05) is 0 Å². The molecule has 0 fully saturated rings. The van der Waals surface area contributed by atoms with Gasteiger partial charge in [-0.05, 0) is 27.4 Å². The van der Waals surface area contributed by atoms with Gasteiger partial charge in [-0.15, -0.1) is 4.90 Å². The zero-order valence-electron chi connectivity index (χ0n) is 12.2. The fraction of sp³-hybridized carbons (Fsp3) is 1.00. The van der Waals surface area contributed by atoms with Crippen molar-refractivity contribution >= 4 is 49.5 Å². The van der Waals surface area contributed by atoms with Crippen molar-refractivity contribution in [2.75, 3.05) is 0 Å². The van der Waals surface area contributed by atoms with E-state index >= 15 is 0 Å². The zero-order valence-corrected chi connectivity index (χ0v) is 17.6. The molecule has 0 aliphatic carbocycles. The van der Waals surface area contributed by atoms with Crippen molar-refractivity contribution in [3.05, 3.63) is 0 Å². The fourth-order valence-corrected chi connectivity index (χ4v) is 3.12. The number of nitrogens with zero attached hydrogens (tertiary/aromatic N) is 1. The molecule has 0 radical (unpaired) electrons. The summed E-state index contributed by atoms with van der Waals surface area (Å²) in [7, 11) is -24.6. The molecule has 0 aliphatic heterocycles. The average molecular weight is 527 g/mol. The van der Waals surface area contributed by atoms with Crippen LogP contribution in [-0.4, -0.2) is 24.1 Å². The van der Waals surface area contributed by atoms with Crippen LogP contribution in [0.5, 0.6) is 0 Å². The van der Waals surface area contributed by atoms with Crippen LogP contribution in [0.2, 0.25) is 0 Å². The molecule has 0 rings (SSSR count). The first kappa shape index (κ1) is 28.1. The largest absolute Gasteiger partial charge is 0.566 e. The zero-order chi connectivity index (χ0) is 22.0. The molecule has 0 N–H and O–H groups in total. The minimum atomic E-state index is -4.09. The molecule has 0 saturated heterocycles. The van der Waals surface area contributed by atoms with Crippen LogP contribution in [0.3, 0.4) is 0 Å². The highest BCUT2D eigenvalue weighted by Gasteiger charge is 2.52. The highest BCUT2D eigenvalue weighted by Crippen LogP contribution is 2.36. The molecule has 28 heavy (non-hydrogen) atoms. The van der Waals surface area contributed by atoms with Gasteiger partial charge in [-0.1, -0.05) is 27.1 Å². The predicted molar refractivity (Wildman–Crippen MR) is 65.4 cm³/mol. The van der Waals surface area contributed by atoms with Crippen LogP contribution in [0, 0.1) is 0 Å². The van der Waals surface area contributed by atoms with Crippen LogP contribution < -0.4 is 29.4 Å². The molecule has 0 aromatic heterocycles. The van der Waals surface area contributed by atoms with Crippen LogP contribution in [-0.2, 0) is 54.5 Å². The normalized spacial score (nSPS) is 18.1. The van der Waals surface area contributed by atoms with E-state index in [0.717, 1.165) is 0 Å². The van der Waals surface area contributed by atoms with E-state index in [-0.39, 0.29) is 0 Å². The molecule has 6 atom stereocenters. The van der Waals surface area contributed by atoms with Crippen LogP contribution in [0.25, 0.3) is 0 Å². The molecule has 0 aliphatic rings. The molecular weight excluding hydrogens is 524 g/mol. The maximum Gasteiger partial charge on any atom is 0.492 e. The van der Waals surface area contributed by atoms with E-state index in [9.17, 15) is 56.8 Å². The van der Waals surface area contributed by atoms with Gasteiger partial charge in [0.25, 0.3) is 0 Å². The predicted octanol–water partition coefficient (Wildman–Crippen LogP) is -3.65. The Hall–Kier alpha value is 0.0800. The lowest BCUT2D eigenvalue weighted by Crippen LogP contribution is -2.53. The second-order valence-corrected chi connectivity index (χ2v) is 7.29. The third-order valence-corrected chi connectivity index (χ3v) is 3.90. The van der Waals surface area contributed by atoms with Gasteiger partial charge in [0.2, 0.25) is 0 Å². The Morgan fingerprint density at radius 1 is 0.429 bits per heavy atom. The van der Waals surface area contributed by atoms with E-state index in [1.54, 1.807) is 0 Å². The van der Waals surface area contributed by atoms with Crippen LogP contribution in [0.1, 0.15) is 0 Å². The molecule has 0 aromatic rings. The standard InChI is InChI=1S/C3H3NO18P6/c5-23(6)17-1(18-24(7)8)4(2(19-25(9)10)20-26(11)12)3(21-27(13)14)22-28(15)16/h1-3H. The first-order valence-electron chi connectivity index (χ1n) is 5.48. The van der Waals surface area contributed by atoms with Crippen LogP contribution in [0.15, 0.2) is 0 Å². The van der Waals surface area contributed by atoms with Crippen molar-refractivity contribution in [1.29, 1.82) is 0 Å². The van der Waals surface area contributed by atoms with Gasteiger partial charge in [-0.2, -0.15) is 0 Å². The second kappa shape index (κ2) is 14.1. The maximum absolute atomic E-state index is 10.7. The third kappa shape index (κ3) is 12.6. The van der Waals surface area contributed by atoms with Gasteiger partial charge in [0.1, 0.15) is 0 Å². The van der Waals surface area contributed by atoms with Crippen molar-refractivity contribution in [2.45, 2.75) is 19.2 Å². The summed E-state index contributed by atoms with van der Waals surface area (Å²) in [5.74, 6) is 0. The Morgan fingerprint density at radius 2 is 0.571 bits per heavy atom. The van der Waals surface area contributed by atoms with Gasteiger partial charge in [-0.25, -0.2) is 0 Å². The first-order chi connectivity index (χ1) is 12.8. The van der Waals surface area contributed by atoms with Gasteiger partial charge in [0, 0.05) is 0 Å². The summed E-state index contributed by atoms with van der Waals surface area (Å²) in [6, 6.07) is 0. The molecule has 19 nitrogen and oxygen atoms in total. The molecule has 0 amide bonds. The monoisotopic (exact) mass is 527 g/mol. The molecule has 0 aromatic carbocycles. The van der Waals surface area contributed by atoms with E-state index in [4.69, 9.17) is 0 Å². The number of rotatable bonds is 15. The van der Waals surface area contributed by atoms with Crippen LogP contribution in [0.4, 0.5) is 0 Å². The van der Waals surface area contributed by atoms with Gasteiger partial charge in [-0.3, -0.25) is 0 Å². The number of hydrogen-bond donors (Lipinski definition) is 0. The summed E-state index contributed by atoms with van der Waals surface area (Å²) in [5, 5.41) is 0. The van der Waals surface area contributed by atoms with Crippen molar-refractivity contribution in [2.24, 2.45) is 0 Å². The lowest BCUT2D eigenvalue weighted by Gasteiger charge is -2.27. The Bertz CT molecular complexity index is 503. The van der Waals surface area contributed by atoms with Gasteiger partial charge in [0.05, 0.1) is 0 Å². The number of hydrogen-bond acceptors (Lipinski definition) is 19. The summed E-state index contributed by atoms with van der Waals surface area (Å²) in [6.45, 7) is 0. The van der Waals surface area contributed by atoms with Crippen LogP contribution >= 0.6 is 49.5 Å². The molecule has 0 heterocycles. The van der Waals surface area contributed by atoms with E-state index < -0.39 is 73.7 Å². The lowest BCUT2D eigenvalue weighted by atomic mass is 10.7. The van der Waals surface area contributed by atoms with E-state index in [2.05, 4.69) is 27.1 Å². The summed E-state index contributed by atoms with van der Waals surface area (Å²) in [6.07, 6.45) is -9.11. The summed E-state index contributed by atoms with van der Waals surface area (Å²) >= 11 is 0. The summed E-state index contributed by atoms with van der Waals surface area (Å²) in [4.78, 5) is 63.6. The topological polar surface area (TPSA) is 299 Å². The highest BCUT2D eigenvalue weighted by molar-refractivity contribution is 7.32. The Kier molecular flexibility index (Phi) is 14.2. The quantitative estimate of drug-likeness (QED) is 0.146. The van der Waals surface area contributed by atoms with Crippen molar-refractivity contribution in [1.82, 2.24) is 4.90 Å². The first-order valence-corrected chi connectivity index (χ1v) is 12.0. The van der Waals surface area contributed by atoms with Crippen molar-refractivity contribution in [3.8, 4) is 0 Å². The van der Waals surface area contributed by atoms with Gasteiger partial charge < -0.3 is 29.4 Å². The summed E-state index contributed by atoms with van der Waals surface area (Å²) < 4.78 is 87.5. The molecule has 0 spiro atoms. The Balaban J connectivity index is 6.33. The molecular formula is C3H3NO18P6. The minimum absolute atomic E-state index is 0.553. The third-order valence-electron chi connectivity index (χ3n) is 1.79.